The van der Waals surface area contributed by atoms with Gasteiger partial charge in [0.1, 0.15) is 11.5 Å². The van der Waals surface area contributed by atoms with Crippen molar-refractivity contribution in [3.05, 3.63) is 35.5 Å². The van der Waals surface area contributed by atoms with E-state index in [1.165, 1.54) is 12.3 Å². The molecule has 0 unspecified atom stereocenters. The van der Waals surface area contributed by atoms with Crippen LogP contribution in [0.5, 0.6) is 0 Å². The Bertz CT molecular complexity index is 537. The molecule has 0 amide bonds. The fourth-order valence-electron chi connectivity index (χ4n) is 2.04. The van der Waals surface area contributed by atoms with E-state index in [2.05, 4.69) is 25.8 Å². The second-order valence-corrected chi connectivity index (χ2v) is 5.27. The summed E-state index contributed by atoms with van der Waals surface area (Å²) in [5, 5.41) is 0. The average molecular weight is 235 g/mol. The number of rotatable bonds is 2. The summed E-state index contributed by atoms with van der Waals surface area (Å²) < 4.78 is 15.1. The van der Waals surface area contributed by atoms with Crippen LogP contribution >= 0.6 is 0 Å². The number of fused-ring (bicyclic) bond motifs is 1. The zero-order valence-electron chi connectivity index (χ0n) is 10.5. The molecule has 0 atom stereocenters. The highest BCUT2D eigenvalue weighted by Gasteiger charge is 2.23. The monoisotopic (exact) mass is 235 g/mol. The van der Waals surface area contributed by atoms with Crippen molar-refractivity contribution in [3.63, 3.8) is 0 Å². The normalized spacial score (nSPS) is 12.3. The summed E-state index contributed by atoms with van der Waals surface area (Å²) in [6.07, 6.45) is 2.18. The first-order valence-electron chi connectivity index (χ1n) is 5.80. The van der Waals surface area contributed by atoms with Gasteiger partial charge in [-0.25, -0.2) is 9.37 Å². The zero-order valence-corrected chi connectivity index (χ0v) is 10.5. The molecule has 2 heterocycles. The maximum Gasteiger partial charge on any atom is 0.139 e. The van der Waals surface area contributed by atoms with E-state index in [9.17, 15) is 4.39 Å². The SMILES string of the molecule is CC(C)(C)c1nc2ccc(F)cn2c1CCN. The molecule has 0 fully saturated rings. The van der Waals surface area contributed by atoms with Crippen molar-refractivity contribution in [1.82, 2.24) is 9.38 Å². The third-order valence-corrected chi connectivity index (χ3v) is 2.77. The second-order valence-electron chi connectivity index (χ2n) is 5.27. The van der Waals surface area contributed by atoms with Crippen LogP contribution in [-0.4, -0.2) is 15.9 Å². The molecule has 0 saturated carbocycles. The second kappa shape index (κ2) is 4.11. The summed E-state index contributed by atoms with van der Waals surface area (Å²) in [4.78, 5) is 4.58. The van der Waals surface area contributed by atoms with Gasteiger partial charge in [0.05, 0.1) is 5.69 Å². The molecule has 4 heteroatoms. The van der Waals surface area contributed by atoms with Gasteiger partial charge in [-0.1, -0.05) is 20.8 Å². The molecule has 2 aromatic rings. The summed E-state index contributed by atoms with van der Waals surface area (Å²) >= 11 is 0. The number of nitrogens with zero attached hydrogens (tertiary/aromatic N) is 2. The van der Waals surface area contributed by atoms with Crippen LogP contribution in [0.1, 0.15) is 32.2 Å². The Kier molecular flexibility index (Phi) is 2.91. The first kappa shape index (κ1) is 12.0. The van der Waals surface area contributed by atoms with Crippen LogP contribution < -0.4 is 5.73 Å². The highest BCUT2D eigenvalue weighted by molar-refractivity contribution is 5.45. The predicted octanol–water partition coefficient (Wildman–Crippen LogP) is 2.27. The third kappa shape index (κ3) is 2.17. The Morgan fingerprint density at radius 2 is 2.06 bits per heavy atom. The Balaban J connectivity index is 2.71. The van der Waals surface area contributed by atoms with Crippen LogP contribution in [0.25, 0.3) is 5.65 Å². The van der Waals surface area contributed by atoms with Crippen LogP contribution in [0.4, 0.5) is 4.39 Å². The number of nitrogens with two attached hydrogens (primary N) is 1. The van der Waals surface area contributed by atoms with Crippen molar-refractivity contribution in [3.8, 4) is 0 Å². The lowest BCUT2D eigenvalue weighted by Crippen LogP contribution is -2.17. The van der Waals surface area contributed by atoms with Gasteiger partial charge in [-0.3, -0.25) is 0 Å². The minimum atomic E-state index is -0.256. The molecule has 0 saturated heterocycles. The molecule has 3 nitrogen and oxygen atoms in total. The molecule has 0 aliphatic rings. The fraction of sp³-hybridized carbons (Fsp3) is 0.462. The van der Waals surface area contributed by atoms with Crippen molar-refractivity contribution in [2.24, 2.45) is 5.73 Å². The van der Waals surface area contributed by atoms with Gasteiger partial charge in [-0.15, -0.1) is 0 Å². The third-order valence-electron chi connectivity index (χ3n) is 2.77. The molecular formula is C13H18FN3. The predicted molar refractivity (Wildman–Crippen MR) is 66.6 cm³/mol. The minimum absolute atomic E-state index is 0.0625. The van der Waals surface area contributed by atoms with E-state index in [-0.39, 0.29) is 11.2 Å². The van der Waals surface area contributed by atoms with Crippen molar-refractivity contribution in [2.45, 2.75) is 32.6 Å². The van der Waals surface area contributed by atoms with Gasteiger partial charge in [0.25, 0.3) is 0 Å². The van der Waals surface area contributed by atoms with Gasteiger partial charge in [0.2, 0.25) is 0 Å². The molecule has 0 radical (unpaired) electrons. The molecule has 2 N–H and O–H groups in total. The first-order chi connectivity index (χ1) is 7.93. The molecule has 17 heavy (non-hydrogen) atoms. The maximum atomic E-state index is 13.3. The summed E-state index contributed by atoms with van der Waals surface area (Å²) in [5.41, 5.74) is 8.34. The lowest BCUT2D eigenvalue weighted by Gasteiger charge is -2.17. The average Bonchev–Trinajstić information content (AvgIpc) is 2.57. The Labute approximate surface area is 100 Å². The number of hydrogen-bond donors (Lipinski definition) is 1. The van der Waals surface area contributed by atoms with Crippen LogP contribution in [0.3, 0.4) is 0 Å². The van der Waals surface area contributed by atoms with E-state index in [4.69, 9.17) is 5.73 Å². The molecule has 2 rings (SSSR count). The number of pyridine rings is 1. The summed E-state index contributed by atoms with van der Waals surface area (Å²) in [5.74, 6) is -0.256. The molecular weight excluding hydrogens is 217 g/mol. The van der Waals surface area contributed by atoms with E-state index < -0.39 is 0 Å². The van der Waals surface area contributed by atoms with Crippen LogP contribution in [0.2, 0.25) is 0 Å². The lowest BCUT2D eigenvalue weighted by atomic mass is 9.90. The molecule has 92 valence electrons. The van der Waals surface area contributed by atoms with E-state index in [1.54, 1.807) is 6.07 Å². The molecule has 0 spiro atoms. The van der Waals surface area contributed by atoms with E-state index in [1.807, 2.05) is 4.40 Å². The van der Waals surface area contributed by atoms with Crippen molar-refractivity contribution >= 4 is 5.65 Å². The van der Waals surface area contributed by atoms with Crippen LogP contribution in [-0.2, 0) is 11.8 Å². The smallest absolute Gasteiger partial charge is 0.139 e. The summed E-state index contributed by atoms with van der Waals surface area (Å²) in [6.45, 7) is 6.84. The summed E-state index contributed by atoms with van der Waals surface area (Å²) in [6, 6.07) is 3.13. The Morgan fingerprint density at radius 3 is 2.65 bits per heavy atom. The number of aromatic nitrogens is 2. The molecule has 2 aromatic heterocycles. The van der Waals surface area contributed by atoms with Gasteiger partial charge in [-0.2, -0.15) is 0 Å². The molecule has 0 bridgehead atoms. The molecule has 0 aromatic carbocycles. The van der Waals surface area contributed by atoms with Gasteiger partial charge in [0.15, 0.2) is 0 Å². The lowest BCUT2D eigenvalue weighted by molar-refractivity contribution is 0.563. The minimum Gasteiger partial charge on any atom is -0.330 e. The van der Waals surface area contributed by atoms with Crippen molar-refractivity contribution in [1.29, 1.82) is 0 Å². The van der Waals surface area contributed by atoms with Crippen molar-refractivity contribution in [2.75, 3.05) is 6.54 Å². The van der Waals surface area contributed by atoms with Gasteiger partial charge in [0, 0.05) is 23.7 Å². The van der Waals surface area contributed by atoms with Gasteiger partial charge < -0.3 is 10.1 Å². The van der Waals surface area contributed by atoms with E-state index >= 15 is 0 Å². The van der Waals surface area contributed by atoms with Crippen molar-refractivity contribution < 1.29 is 4.39 Å². The zero-order chi connectivity index (χ0) is 12.6. The number of imidazole rings is 1. The number of hydrogen-bond acceptors (Lipinski definition) is 2. The van der Waals surface area contributed by atoms with E-state index in [0.717, 1.165) is 17.0 Å². The van der Waals surface area contributed by atoms with Crippen LogP contribution in [0, 0.1) is 5.82 Å². The quantitative estimate of drug-likeness (QED) is 0.867. The first-order valence-corrected chi connectivity index (χ1v) is 5.80. The maximum absolute atomic E-state index is 13.3. The topological polar surface area (TPSA) is 43.3 Å². The Hall–Kier alpha value is -1.42. The standard InChI is InChI=1S/C13H18FN3/c1-13(2,3)12-10(6-7-15)17-8-9(14)4-5-11(17)16-12/h4-5,8H,6-7,15H2,1-3H3. The number of halogens is 1. The highest BCUT2D eigenvalue weighted by Crippen LogP contribution is 2.26. The summed E-state index contributed by atoms with van der Waals surface area (Å²) in [7, 11) is 0. The van der Waals surface area contributed by atoms with Gasteiger partial charge >= 0.3 is 0 Å². The molecule has 0 aliphatic carbocycles. The molecule has 0 aliphatic heterocycles. The fourth-order valence-corrected chi connectivity index (χ4v) is 2.04. The largest absolute Gasteiger partial charge is 0.330 e. The Morgan fingerprint density at radius 1 is 1.35 bits per heavy atom. The van der Waals surface area contributed by atoms with Crippen LogP contribution in [0.15, 0.2) is 18.3 Å². The van der Waals surface area contributed by atoms with E-state index in [0.29, 0.717) is 13.0 Å². The highest BCUT2D eigenvalue weighted by atomic mass is 19.1. The van der Waals surface area contributed by atoms with Gasteiger partial charge in [-0.05, 0) is 18.7 Å².